The molecule has 2 N–H and O–H groups in total. The maximum absolute atomic E-state index is 12.7. The van der Waals surface area contributed by atoms with Crippen LogP contribution in [0.3, 0.4) is 0 Å². The second kappa shape index (κ2) is 8.92. The average Bonchev–Trinajstić information content (AvgIpc) is 3.04. The Morgan fingerprint density at radius 2 is 1.76 bits per heavy atom. The van der Waals surface area contributed by atoms with E-state index >= 15 is 0 Å². The minimum absolute atomic E-state index is 0.0517. The summed E-state index contributed by atoms with van der Waals surface area (Å²) in [4.78, 5) is 17.0. The van der Waals surface area contributed by atoms with E-state index in [2.05, 4.69) is 22.3 Å². The van der Waals surface area contributed by atoms with Crippen molar-refractivity contribution in [2.45, 2.75) is 64.1 Å². The van der Waals surface area contributed by atoms with Gasteiger partial charge in [0, 0.05) is 56.0 Å². The van der Waals surface area contributed by atoms with Crippen molar-refractivity contribution in [3.05, 3.63) is 24.3 Å². The molecular formula is C23H35N3O3. The first-order valence-corrected chi connectivity index (χ1v) is 11.3. The third-order valence-electron chi connectivity index (χ3n) is 7.18. The maximum Gasteiger partial charge on any atom is 0.321 e. The SMILES string of the molecule is CCO[C@H]1C[C@@H](O)C12CCN(C(=O)Nc1ccc(N3CCCCCC3)cc1)CC2. The number of urea groups is 1. The summed E-state index contributed by atoms with van der Waals surface area (Å²) < 4.78 is 5.82. The summed E-state index contributed by atoms with van der Waals surface area (Å²) in [5, 5.41) is 13.4. The van der Waals surface area contributed by atoms with Gasteiger partial charge in [-0.1, -0.05) is 12.8 Å². The minimum Gasteiger partial charge on any atom is -0.392 e. The molecule has 1 aromatic rings. The quantitative estimate of drug-likeness (QED) is 0.804. The van der Waals surface area contributed by atoms with Gasteiger partial charge in [0.05, 0.1) is 12.2 Å². The van der Waals surface area contributed by atoms with Crippen molar-refractivity contribution in [3.63, 3.8) is 0 Å². The van der Waals surface area contributed by atoms with Crippen molar-refractivity contribution in [1.82, 2.24) is 4.90 Å². The van der Waals surface area contributed by atoms with Gasteiger partial charge in [-0.15, -0.1) is 0 Å². The van der Waals surface area contributed by atoms with E-state index in [9.17, 15) is 9.90 Å². The number of hydrogen-bond acceptors (Lipinski definition) is 4. The van der Waals surface area contributed by atoms with Crippen molar-refractivity contribution in [2.24, 2.45) is 5.41 Å². The lowest BCUT2D eigenvalue weighted by Gasteiger charge is -2.56. The lowest BCUT2D eigenvalue weighted by Crippen LogP contribution is -2.63. The number of hydrogen-bond donors (Lipinski definition) is 2. The molecule has 3 fully saturated rings. The number of aliphatic hydroxyl groups is 1. The molecular weight excluding hydrogens is 366 g/mol. The molecule has 0 unspecified atom stereocenters. The molecule has 2 atom stereocenters. The summed E-state index contributed by atoms with van der Waals surface area (Å²) in [6.45, 7) is 6.25. The van der Waals surface area contributed by atoms with Crippen molar-refractivity contribution < 1.29 is 14.6 Å². The molecule has 1 aromatic carbocycles. The molecule has 1 spiro atoms. The topological polar surface area (TPSA) is 65.0 Å². The Labute approximate surface area is 174 Å². The van der Waals surface area contributed by atoms with E-state index in [1.54, 1.807) is 0 Å². The number of rotatable bonds is 4. The predicted octanol–water partition coefficient (Wildman–Crippen LogP) is 3.85. The highest BCUT2D eigenvalue weighted by atomic mass is 16.5. The third-order valence-corrected chi connectivity index (χ3v) is 7.18. The van der Waals surface area contributed by atoms with Crippen molar-refractivity contribution in [3.8, 4) is 0 Å². The standard InChI is InChI=1S/C23H35N3O3/c1-2-29-21-17-20(27)23(21)11-15-26(16-12-23)22(28)24-18-7-9-19(10-8-18)25-13-5-3-4-6-14-25/h7-10,20-21,27H,2-6,11-17H2,1H3,(H,24,28)/t20-,21+/m1/s1. The number of piperidine rings is 1. The minimum atomic E-state index is -0.296. The first-order valence-electron chi connectivity index (χ1n) is 11.3. The lowest BCUT2D eigenvalue weighted by molar-refractivity contribution is -0.207. The van der Waals surface area contributed by atoms with E-state index in [4.69, 9.17) is 4.74 Å². The fourth-order valence-corrected chi connectivity index (χ4v) is 5.23. The van der Waals surface area contributed by atoms with Crippen LogP contribution in [0.4, 0.5) is 16.2 Å². The number of anilines is 2. The summed E-state index contributed by atoms with van der Waals surface area (Å²) in [5.41, 5.74) is 1.93. The Morgan fingerprint density at radius 1 is 1.10 bits per heavy atom. The predicted molar refractivity (Wildman–Crippen MR) is 115 cm³/mol. The number of amides is 2. The van der Waals surface area contributed by atoms with Crippen LogP contribution < -0.4 is 10.2 Å². The Bertz CT molecular complexity index is 675. The molecule has 0 aromatic heterocycles. The number of carbonyl (C=O) groups is 1. The van der Waals surface area contributed by atoms with E-state index in [1.165, 1.54) is 31.4 Å². The molecule has 1 saturated carbocycles. The first kappa shape index (κ1) is 20.5. The Balaban J connectivity index is 1.30. The van der Waals surface area contributed by atoms with E-state index < -0.39 is 0 Å². The van der Waals surface area contributed by atoms with Crippen LogP contribution in [0.15, 0.2) is 24.3 Å². The van der Waals surface area contributed by atoms with Crippen LogP contribution in [0.1, 0.15) is 51.9 Å². The zero-order valence-electron chi connectivity index (χ0n) is 17.6. The Hall–Kier alpha value is -1.79. The molecule has 160 valence electrons. The van der Waals surface area contributed by atoms with E-state index in [-0.39, 0.29) is 23.7 Å². The number of nitrogens with one attached hydrogen (secondary N) is 1. The van der Waals surface area contributed by atoms with Gasteiger partial charge in [-0.3, -0.25) is 0 Å². The smallest absolute Gasteiger partial charge is 0.321 e. The normalized spacial score (nSPS) is 26.7. The molecule has 29 heavy (non-hydrogen) atoms. The number of aliphatic hydroxyl groups excluding tert-OH is 1. The highest BCUT2D eigenvalue weighted by Crippen LogP contribution is 2.50. The fraction of sp³-hybridized carbons (Fsp3) is 0.696. The number of likely N-dealkylation sites (tertiary alicyclic amines) is 1. The zero-order valence-corrected chi connectivity index (χ0v) is 17.6. The summed E-state index contributed by atoms with van der Waals surface area (Å²) >= 11 is 0. The Kier molecular flexibility index (Phi) is 6.30. The second-order valence-corrected chi connectivity index (χ2v) is 8.79. The molecule has 2 saturated heterocycles. The van der Waals surface area contributed by atoms with Crippen molar-refractivity contribution in [2.75, 3.05) is 43.0 Å². The van der Waals surface area contributed by atoms with Gasteiger partial charge in [0.15, 0.2) is 0 Å². The van der Waals surface area contributed by atoms with Crippen LogP contribution in [-0.4, -0.2) is 61.0 Å². The van der Waals surface area contributed by atoms with E-state index in [0.29, 0.717) is 19.7 Å². The van der Waals surface area contributed by atoms with E-state index in [0.717, 1.165) is 38.0 Å². The molecule has 2 amide bonds. The van der Waals surface area contributed by atoms with Gasteiger partial charge in [0.1, 0.15) is 0 Å². The molecule has 6 heteroatoms. The van der Waals surface area contributed by atoms with Crippen LogP contribution >= 0.6 is 0 Å². The summed E-state index contributed by atoms with van der Waals surface area (Å²) in [6, 6.07) is 8.19. The number of nitrogens with zero attached hydrogens (tertiary/aromatic N) is 2. The van der Waals surface area contributed by atoms with Gasteiger partial charge in [0.2, 0.25) is 0 Å². The summed E-state index contributed by atoms with van der Waals surface area (Å²) in [5.74, 6) is 0. The number of carbonyl (C=O) groups excluding carboxylic acids is 1. The van der Waals surface area contributed by atoms with Crippen LogP contribution in [0.25, 0.3) is 0 Å². The molecule has 2 aliphatic heterocycles. The lowest BCUT2D eigenvalue weighted by atomic mass is 9.58. The van der Waals surface area contributed by atoms with Crippen LogP contribution in [0.5, 0.6) is 0 Å². The third kappa shape index (κ3) is 4.24. The first-order chi connectivity index (χ1) is 14.1. The molecule has 0 bridgehead atoms. The van der Waals surface area contributed by atoms with Gasteiger partial charge in [0.25, 0.3) is 0 Å². The van der Waals surface area contributed by atoms with Crippen molar-refractivity contribution in [1.29, 1.82) is 0 Å². The Morgan fingerprint density at radius 3 is 2.34 bits per heavy atom. The summed E-state index contributed by atoms with van der Waals surface area (Å²) in [6.07, 6.45) is 7.34. The molecule has 1 aliphatic carbocycles. The number of ether oxygens (including phenoxy) is 1. The highest BCUT2D eigenvalue weighted by molar-refractivity contribution is 5.89. The molecule has 0 radical (unpaired) electrons. The van der Waals surface area contributed by atoms with Gasteiger partial charge >= 0.3 is 6.03 Å². The maximum atomic E-state index is 12.7. The van der Waals surface area contributed by atoms with Crippen LogP contribution in [0, 0.1) is 5.41 Å². The average molecular weight is 402 g/mol. The van der Waals surface area contributed by atoms with Gasteiger partial charge < -0.3 is 25.0 Å². The van der Waals surface area contributed by atoms with Gasteiger partial charge in [-0.25, -0.2) is 4.79 Å². The monoisotopic (exact) mass is 401 g/mol. The van der Waals surface area contributed by atoms with Crippen LogP contribution in [0.2, 0.25) is 0 Å². The molecule has 4 rings (SSSR count). The largest absolute Gasteiger partial charge is 0.392 e. The highest BCUT2D eigenvalue weighted by Gasteiger charge is 2.56. The molecule has 6 nitrogen and oxygen atoms in total. The number of benzene rings is 1. The van der Waals surface area contributed by atoms with Gasteiger partial charge in [-0.05, 0) is 56.9 Å². The van der Waals surface area contributed by atoms with Crippen molar-refractivity contribution >= 4 is 17.4 Å². The van der Waals surface area contributed by atoms with Crippen LogP contribution in [-0.2, 0) is 4.74 Å². The molecule has 3 aliphatic rings. The van der Waals surface area contributed by atoms with Gasteiger partial charge in [-0.2, -0.15) is 0 Å². The molecule has 2 heterocycles. The summed E-state index contributed by atoms with van der Waals surface area (Å²) in [7, 11) is 0. The fourth-order valence-electron chi connectivity index (χ4n) is 5.23. The van der Waals surface area contributed by atoms with E-state index in [1.807, 2.05) is 24.0 Å². The zero-order chi connectivity index (χ0) is 20.3. The second-order valence-electron chi connectivity index (χ2n) is 8.79.